The molecule has 1 saturated heterocycles. The Morgan fingerprint density at radius 3 is 2.83 bits per heavy atom. The summed E-state index contributed by atoms with van der Waals surface area (Å²) in [6.45, 7) is 4.56. The molecule has 8 heteroatoms. The van der Waals surface area contributed by atoms with Gasteiger partial charge in [-0.3, -0.25) is 14.9 Å². The van der Waals surface area contributed by atoms with Crippen molar-refractivity contribution in [1.82, 2.24) is 15.0 Å². The Morgan fingerprint density at radius 2 is 2.21 bits per heavy atom. The highest BCUT2D eigenvalue weighted by Crippen LogP contribution is 2.27. The van der Waals surface area contributed by atoms with Crippen LogP contribution in [-0.4, -0.2) is 39.0 Å². The molecule has 3 rings (SSSR count). The molecule has 2 aromatic rings. The first-order valence-corrected chi connectivity index (χ1v) is 7.80. The third-order valence-corrected chi connectivity index (χ3v) is 4.24. The molecule has 126 valence electrons. The zero-order valence-corrected chi connectivity index (χ0v) is 13.6. The molecule has 1 aliphatic rings. The van der Waals surface area contributed by atoms with Gasteiger partial charge >= 0.3 is 0 Å². The van der Waals surface area contributed by atoms with E-state index in [2.05, 4.69) is 10.1 Å². The van der Waals surface area contributed by atoms with Gasteiger partial charge in [-0.2, -0.15) is 4.98 Å². The normalized spacial score (nSPS) is 17.8. The van der Waals surface area contributed by atoms with Crippen LogP contribution in [-0.2, 0) is 0 Å². The Kier molecular flexibility index (Phi) is 4.28. The van der Waals surface area contributed by atoms with E-state index in [9.17, 15) is 14.9 Å². The molecular weight excluding hydrogens is 312 g/mol. The number of hydrogen-bond acceptors (Lipinski definition) is 6. The van der Waals surface area contributed by atoms with Gasteiger partial charge < -0.3 is 9.42 Å². The van der Waals surface area contributed by atoms with Crippen LogP contribution in [0.1, 0.15) is 46.4 Å². The molecule has 0 aliphatic carbocycles. The predicted octanol–water partition coefficient (Wildman–Crippen LogP) is 2.61. The van der Waals surface area contributed by atoms with E-state index in [1.54, 1.807) is 24.8 Å². The Balaban J connectivity index is 1.77. The number of piperidine rings is 1. The van der Waals surface area contributed by atoms with Crippen LogP contribution < -0.4 is 0 Å². The number of amides is 1. The van der Waals surface area contributed by atoms with E-state index >= 15 is 0 Å². The van der Waals surface area contributed by atoms with Gasteiger partial charge in [-0.05, 0) is 38.8 Å². The second-order valence-corrected chi connectivity index (χ2v) is 6.03. The first kappa shape index (κ1) is 16.1. The summed E-state index contributed by atoms with van der Waals surface area (Å²) in [6.07, 6.45) is 1.74. The molecule has 1 aromatic carbocycles. The van der Waals surface area contributed by atoms with Gasteiger partial charge in [0.25, 0.3) is 11.6 Å². The Bertz CT molecular complexity index is 786. The molecule has 1 aromatic heterocycles. The number of benzene rings is 1. The highest BCUT2D eigenvalue weighted by Gasteiger charge is 2.29. The number of nitro benzene ring substituents is 1. The van der Waals surface area contributed by atoms with Crippen LogP contribution in [0.2, 0.25) is 0 Å². The molecule has 1 unspecified atom stereocenters. The average Bonchev–Trinajstić information content (AvgIpc) is 3.00. The number of likely N-dealkylation sites (tertiary alicyclic amines) is 1. The Labute approximate surface area is 138 Å². The molecule has 0 N–H and O–H groups in total. The second kappa shape index (κ2) is 6.38. The van der Waals surface area contributed by atoms with E-state index in [1.165, 1.54) is 12.1 Å². The largest absolute Gasteiger partial charge is 0.339 e. The van der Waals surface area contributed by atoms with E-state index in [-0.39, 0.29) is 17.5 Å². The van der Waals surface area contributed by atoms with Gasteiger partial charge in [-0.25, -0.2) is 0 Å². The van der Waals surface area contributed by atoms with Gasteiger partial charge in [0.05, 0.1) is 10.8 Å². The van der Waals surface area contributed by atoms with E-state index in [4.69, 9.17) is 4.52 Å². The minimum absolute atomic E-state index is 0.0180. The van der Waals surface area contributed by atoms with E-state index < -0.39 is 4.92 Å². The van der Waals surface area contributed by atoms with Crippen molar-refractivity contribution in [2.45, 2.75) is 32.6 Å². The number of aromatic nitrogens is 2. The molecule has 1 amide bonds. The molecule has 0 radical (unpaired) electrons. The van der Waals surface area contributed by atoms with Crippen LogP contribution in [0, 0.1) is 24.0 Å². The molecule has 0 saturated carbocycles. The lowest BCUT2D eigenvalue weighted by atomic mass is 9.97. The number of hydrogen-bond donors (Lipinski definition) is 0. The van der Waals surface area contributed by atoms with Crippen molar-refractivity contribution in [3.05, 3.63) is 51.2 Å². The molecule has 1 fully saturated rings. The van der Waals surface area contributed by atoms with Gasteiger partial charge in [-0.15, -0.1) is 0 Å². The smallest absolute Gasteiger partial charge is 0.272 e. The maximum Gasteiger partial charge on any atom is 0.272 e. The monoisotopic (exact) mass is 330 g/mol. The molecular formula is C16H18N4O4. The molecule has 1 atom stereocenters. The van der Waals surface area contributed by atoms with Gasteiger partial charge in [0.1, 0.15) is 0 Å². The Hall–Kier alpha value is -2.77. The van der Waals surface area contributed by atoms with E-state index in [0.717, 1.165) is 12.8 Å². The lowest BCUT2D eigenvalue weighted by molar-refractivity contribution is -0.385. The van der Waals surface area contributed by atoms with E-state index in [1.807, 2.05) is 0 Å². The summed E-state index contributed by atoms with van der Waals surface area (Å²) in [6, 6.07) is 4.46. The standard InChI is InChI=1S/C16H18N4O4/c1-10-8-12(5-6-14(10)20(22)23)16(21)19-7-3-4-13(9-19)15-17-11(2)18-24-15/h5-6,8,13H,3-4,7,9H2,1-2H3. The van der Waals surface area contributed by atoms with Gasteiger partial charge in [-0.1, -0.05) is 5.16 Å². The minimum Gasteiger partial charge on any atom is -0.339 e. The molecule has 0 spiro atoms. The molecule has 1 aliphatic heterocycles. The van der Waals surface area contributed by atoms with Crippen LogP contribution >= 0.6 is 0 Å². The lowest BCUT2D eigenvalue weighted by Crippen LogP contribution is -2.39. The first-order valence-electron chi connectivity index (χ1n) is 7.80. The maximum absolute atomic E-state index is 12.7. The minimum atomic E-state index is -0.446. The van der Waals surface area contributed by atoms with E-state index in [0.29, 0.717) is 35.9 Å². The number of nitro groups is 1. The quantitative estimate of drug-likeness (QED) is 0.633. The van der Waals surface area contributed by atoms with Crippen molar-refractivity contribution in [1.29, 1.82) is 0 Å². The average molecular weight is 330 g/mol. The summed E-state index contributed by atoms with van der Waals surface area (Å²) in [7, 11) is 0. The van der Waals surface area contributed by atoms with Crippen LogP contribution in [0.25, 0.3) is 0 Å². The van der Waals surface area contributed by atoms with Crippen molar-refractivity contribution < 1.29 is 14.2 Å². The van der Waals surface area contributed by atoms with Gasteiger partial charge in [0, 0.05) is 30.3 Å². The summed E-state index contributed by atoms with van der Waals surface area (Å²) in [5.41, 5.74) is 0.955. The summed E-state index contributed by atoms with van der Waals surface area (Å²) in [5.74, 6) is 1.04. The van der Waals surface area contributed by atoms with Crippen molar-refractivity contribution in [2.75, 3.05) is 13.1 Å². The third-order valence-electron chi connectivity index (χ3n) is 4.24. The number of carbonyl (C=O) groups is 1. The van der Waals surface area contributed by atoms with Crippen LogP contribution in [0.3, 0.4) is 0 Å². The number of nitrogens with zero attached hydrogens (tertiary/aromatic N) is 4. The van der Waals surface area contributed by atoms with Crippen LogP contribution in [0.4, 0.5) is 5.69 Å². The number of rotatable bonds is 3. The maximum atomic E-state index is 12.7. The van der Waals surface area contributed by atoms with Crippen LogP contribution in [0.15, 0.2) is 22.7 Å². The zero-order chi connectivity index (χ0) is 17.3. The molecule has 0 bridgehead atoms. The Morgan fingerprint density at radius 1 is 1.42 bits per heavy atom. The summed E-state index contributed by atoms with van der Waals surface area (Å²) in [5, 5.41) is 14.7. The SMILES string of the molecule is Cc1noc(C2CCCN(C(=O)c3ccc([N+](=O)[O-])c(C)c3)C2)n1. The summed E-state index contributed by atoms with van der Waals surface area (Å²) >= 11 is 0. The topological polar surface area (TPSA) is 102 Å². The van der Waals surface area contributed by atoms with Crippen molar-refractivity contribution in [3.8, 4) is 0 Å². The molecule has 2 heterocycles. The number of aryl methyl sites for hydroxylation is 2. The van der Waals surface area contributed by atoms with Gasteiger partial charge in [0.15, 0.2) is 5.82 Å². The molecule has 24 heavy (non-hydrogen) atoms. The fraction of sp³-hybridized carbons (Fsp3) is 0.438. The highest BCUT2D eigenvalue weighted by atomic mass is 16.6. The van der Waals surface area contributed by atoms with Crippen molar-refractivity contribution >= 4 is 11.6 Å². The third kappa shape index (κ3) is 3.12. The summed E-state index contributed by atoms with van der Waals surface area (Å²) in [4.78, 5) is 29.2. The highest BCUT2D eigenvalue weighted by molar-refractivity contribution is 5.94. The molecule has 8 nitrogen and oxygen atoms in total. The fourth-order valence-corrected chi connectivity index (χ4v) is 3.02. The zero-order valence-electron chi connectivity index (χ0n) is 13.6. The lowest BCUT2D eigenvalue weighted by Gasteiger charge is -2.31. The number of carbonyl (C=O) groups excluding carboxylic acids is 1. The summed E-state index contributed by atoms with van der Waals surface area (Å²) < 4.78 is 5.22. The predicted molar refractivity (Wildman–Crippen MR) is 84.7 cm³/mol. The first-order chi connectivity index (χ1) is 11.5. The van der Waals surface area contributed by atoms with Crippen LogP contribution in [0.5, 0.6) is 0 Å². The van der Waals surface area contributed by atoms with Gasteiger partial charge in [0.2, 0.25) is 5.89 Å². The fourth-order valence-electron chi connectivity index (χ4n) is 3.02. The second-order valence-electron chi connectivity index (χ2n) is 6.03. The van der Waals surface area contributed by atoms with Crippen molar-refractivity contribution in [2.24, 2.45) is 0 Å². The van der Waals surface area contributed by atoms with Crippen molar-refractivity contribution in [3.63, 3.8) is 0 Å².